The Morgan fingerprint density at radius 3 is 2.81 bits per heavy atom. The predicted octanol–water partition coefficient (Wildman–Crippen LogP) is 0.949. The number of benzene rings is 1. The average molecular weight is 224 g/mol. The Labute approximate surface area is 94.4 Å². The molecule has 1 aromatic rings. The number of aromatic hydroxyl groups is 1. The van der Waals surface area contributed by atoms with Gasteiger partial charge in [0.05, 0.1) is 19.3 Å². The summed E-state index contributed by atoms with van der Waals surface area (Å²) in [6.07, 6.45) is 0. The minimum atomic E-state index is -0.192. The van der Waals surface area contributed by atoms with Gasteiger partial charge in [-0.25, -0.2) is 0 Å². The van der Waals surface area contributed by atoms with Gasteiger partial charge in [-0.15, -0.1) is 0 Å². The van der Waals surface area contributed by atoms with Crippen molar-refractivity contribution in [2.24, 2.45) is 0 Å². The number of methoxy groups -OCH3 is 1. The molecule has 5 heteroatoms. The van der Waals surface area contributed by atoms with Crippen LogP contribution in [0.3, 0.4) is 0 Å². The summed E-state index contributed by atoms with van der Waals surface area (Å²) < 4.78 is 4.93. The summed E-state index contributed by atoms with van der Waals surface area (Å²) in [5.41, 5.74) is 0.378. The molecule has 0 aliphatic heterocycles. The topological polar surface area (TPSA) is 70.6 Å². The van der Waals surface area contributed by atoms with Crippen LogP contribution in [-0.4, -0.2) is 31.2 Å². The monoisotopic (exact) mass is 224 g/mol. The SMILES string of the molecule is CCNCC(=O)Nc1ccc(OC)cc1O. The second-order valence-electron chi connectivity index (χ2n) is 3.21. The minimum Gasteiger partial charge on any atom is -0.506 e. The molecular formula is C11H16N2O3. The Morgan fingerprint density at radius 1 is 1.50 bits per heavy atom. The van der Waals surface area contributed by atoms with Crippen molar-refractivity contribution in [1.82, 2.24) is 5.32 Å². The molecule has 0 aromatic heterocycles. The highest BCUT2D eigenvalue weighted by Crippen LogP contribution is 2.27. The molecule has 5 nitrogen and oxygen atoms in total. The van der Waals surface area contributed by atoms with Gasteiger partial charge in [-0.2, -0.15) is 0 Å². The summed E-state index contributed by atoms with van der Waals surface area (Å²) in [7, 11) is 1.51. The van der Waals surface area contributed by atoms with E-state index >= 15 is 0 Å². The highest BCUT2D eigenvalue weighted by atomic mass is 16.5. The second-order valence-corrected chi connectivity index (χ2v) is 3.21. The molecule has 88 valence electrons. The van der Waals surface area contributed by atoms with E-state index in [1.54, 1.807) is 12.1 Å². The molecule has 0 spiro atoms. The summed E-state index contributed by atoms with van der Waals surface area (Å²) in [5.74, 6) is 0.341. The Hall–Kier alpha value is -1.75. The first-order chi connectivity index (χ1) is 7.67. The summed E-state index contributed by atoms with van der Waals surface area (Å²) in [5, 5.41) is 15.1. The van der Waals surface area contributed by atoms with E-state index in [0.29, 0.717) is 11.4 Å². The standard InChI is InChI=1S/C11H16N2O3/c1-3-12-7-11(15)13-9-5-4-8(16-2)6-10(9)14/h4-6,12,14H,3,7H2,1-2H3,(H,13,15). The van der Waals surface area contributed by atoms with E-state index in [0.717, 1.165) is 6.54 Å². The van der Waals surface area contributed by atoms with Gasteiger partial charge >= 0.3 is 0 Å². The number of phenolic OH excluding ortho intramolecular Hbond substituents is 1. The van der Waals surface area contributed by atoms with Crippen LogP contribution >= 0.6 is 0 Å². The van der Waals surface area contributed by atoms with Crippen LogP contribution in [0.15, 0.2) is 18.2 Å². The zero-order valence-corrected chi connectivity index (χ0v) is 9.41. The smallest absolute Gasteiger partial charge is 0.238 e. The molecule has 0 unspecified atom stereocenters. The van der Waals surface area contributed by atoms with Gasteiger partial charge in [0.2, 0.25) is 5.91 Å². The fourth-order valence-electron chi connectivity index (χ4n) is 1.18. The maximum absolute atomic E-state index is 11.4. The zero-order chi connectivity index (χ0) is 12.0. The number of carbonyl (C=O) groups excluding carboxylic acids is 1. The first-order valence-corrected chi connectivity index (χ1v) is 5.05. The summed E-state index contributed by atoms with van der Waals surface area (Å²) in [6.45, 7) is 2.86. The van der Waals surface area contributed by atoms with E-state index in [1.807, 2.05) is 6.92 Å². The maximum atomic E-state index is 11.4. The highest BCUT2D eigenvalue weighted by molar-refractivity contribution is 5.93. The third kappa shape index (κ3) is 3.43. The maximum Gasteiger partial charge on any atom is 0.238 e. The summed E-state index contributed by atoms with van der Waals surface area (Å²) >= 11 is 0. The minimum absolute atomic E-state index is 0.0100. The van der Waals surface area contributed by atoms with Gasteiger partial charge in [0, 0.05) is 6.07 Å². The zero-order valence-electron chi connectivity index (χ0n) is 9.41. The molecule has 0 saturated carbocycles. The highest BCUT2D eigenvalue weighted by Gasteiger charge is 2.06. The average Bonchev–Trinajstić information content (AvgIpc) is 2.29. The number of hydrogen-bond donors (Lipinski definition) is 3. The third-order valence-corrected chi connectivity index (χ3v) is 2.01. The van der Waals surface area contributed by atoms with Crippen molar-refractivity contribution in [3.8, 4) is 11.5 Å². The molecule has 1 amide bonds. The van der Waals surface area contributed by atoms with E-state index in [-0.39, 0.29) is 18.2 Å². The molecule has 0 radical (unpaired) electrons. The molecule has 3 N–H and O–H groups in total. The van der Waals surface area contributed by atoms with E-state index in [2.05, 4.69) is 10.6 Å². The lowest BCUT2D eigenvalue weighted by atomic mass is 10.2. The predicted molar refractivity (Wildman–Crippen MR) is 61.8 cm³/mol. The van der Waals surface area contributed by atoms with Gasteiger partial charge in [0.15, 0.2) is 0 Å². The van der Waals surface area contributed by atoms with Crippen LogP contribution < -0.4 is 15.4 Å². The number of likely N-dealkylation sites (N-methyl/N-ethyl adjacent to an activating group) is 1. The molecule has 0 atom stereocenters. The van der Waals surface area contributed by atoms with Crippen LogP contribution in [0.2, 0.25) is 0 Å². The molecule has 0 aliphatic rings. The van der Waals surface area contributed by atoms with E-state index in [1.165, 1.54) is 13.2 Å². The quantitative estimate of drug-likeness (QED) is 0.651. The fraction of sp³-hybridized carbons (Fsp3) is 0.364. The van der Waals surface area contributed by atoms with Crippen molar-refractivity contribution in [3.05, 3.63) is 18.2 Å². The Balaban J connectivity index is 2.63. The molecule has 16 heavy (non-hydrogen) atoms. The molecule has 1 aromatic carbocycles. The normalized spacial score (nSPS) is 9.88. The number of phenols is 1. The largest absolute Gasteiger partial charge is 0.506 e. The molecule has 0 heterocycles. The van der Waals surface area contributed by atoms with Gasteiger partial charge in [-0.1, -0.05) is 6.92 Å². The summed E-state index contributed by atoms with van der Waals surface area (Å²) in [4.78, 5) is 11.4. The number of nitrogens with one attached hydrogen (secondary N) is 2. The summed E-state index contributed by atoms with van der Waals surface area (Å²) in [6, 6.07) is 4.71. The molecule has 0 fully saturated rings. The second kappa shape index (κ2) is 5.97. The van der Waals surface area contributed by atoms with Crippen LogP contribution in [0, 0.1) is 0 Å². The Kier molecular flexibility index (Phi) is 4.60. The van der Waals surface area contributed by atoms with Crippen molar-refractivity contribution in [3.63, 3.8) is 0 Å². The van der Waals surface area contributed by atoms with Crippen molar-refractivity contribution < 1.29 is 14.6 Å². The van der Waals surface area contributed by atoms with Crippen LogP contribution in [0.25, 0.3) is 0 Å². The lowest BCUT2D eigenvalue weighted by Gasteiger charge is -2.08. The number of amides is 1. The first kappa shape index (κ1) is 12.3. The molecule has 0 saturated heterocycles. The number of carbonyl (C=O) groups is 1. The van der Waals surface area contributed by atoms with Crippen molar-refractivity contribution >= 4 is 11.6 Å². The lowest BCUT2D eigenvalue weighted by Crippen LogP contribution is -2.27. The van der Waals surface area contributed by atoms with Gasteiger partial charge in [0.1, 0.15) is 11.5 Å². The van der Waals surface area contributed by atoms with Gasteiger partial charge in [-0.3, -0.25) is 4.79 Å². The van der Waals surface area contributed by atoms with E-state index in [4.69, 9.17) is 4.74 Å². The Morgan fingerprint density at radius 2 is 2.25 bits per heavy atom. The van der Waals surface area contributed by atoms with E-state index in [9.17, 15) is 9.90 Å². The van der Waals surface area contributed by atoms with Crippen molar-refractivity contribution in [1.29, 1.82) is 0 Å². The molecule has 0 aliphatic carbocycles. The third-order valence-electron chi connectivity index (χ3n) is 2.01. The van der Waals surface area contributed by atoms with E-state index < -0.39 is 0 Å². The van der Waals surface area contributed by atoms with Crippen LogP contribution in [0.1, 0.15) is 6.92 Å². The Bertz CT molecular complexity index is 366. The lowest BCUT2D eigenvalue weighted by molar-refractivity contribution is -0.115. The number of rotatable bonds is 5. The van der Waals surface area contributed by atoms with Crippen LogP contribution in [0.5, 0.6) is 11.5 Å². The molecular weight excluding hydrogens is 208 g/mol. The fourth-order valence-corrected chi connectivity index (χ4v) is 1.18. The number of anilines is 1. The first-order valence-electron chi connectivity index (χ1n) is 5.05. The van der Waals surface area contributed by atoms with Crippen molar-refractivity contribution in [2.45, 2.75) is 6.92 Å². The number of ether oxygens (including phenoxy) is 1. The van der Waals surface area contributed by atoms with Crippen molar-refractivity contribution in [2.75, 3.05) is 25.5 Å². The van der Waals surface area contributed by atoms with Gasteiger partial charge in [-0.05, 0) is 18.7 Å². The van der Waals surface area contributed by atoms with Gasteiger partial charge < -0.3 is 20.5 Å². The van der Waals surface area contributed by atoms with Gasteiger partial charge in [0.25, 0.3) is 0 Å². The molecule has 0 bridgehead atoms. The molecule has 1 rings (SSSR count). The van der Waals surface area contributed by atoms with Crippen LogP contribution in [-0.2, 0) is 4.79 Å². The van der Waals surface area contributed by atoms with Crippen LogP contribution in [0.4, 0.5) is 5.69 Å². The number of hydrogen-bond acceptors (Lipinski definition) is 4.